The average Bonchev–Trinajstić information content (AvgIpc) is 3.20. The summed E-state index contributed by atoms with van der Waals surface area (Å²) in [5.74, 6) is -2.79. The summed E-state index contributed by atoms with van der Waals surface area (Å²) in [5, 5.41) is 30.6. The van der Waals surface area contributed by atoms with E-state index < -0.39 is 83.8 Å². The number of halogens is 2. The number of hydrogen-bond donors (Lipinski definition) is 4. The van der Waals surface area contributed by atoms with Gasteiger partial charge in [0.15, 0.2) is 6.29 Å². The van der Waals surface area contributed by atoms with Crippen molar-refractivity contribution < 1.29 is 43.5 Å². The summed E-state index contributed by atoms with van der Waals surface area (Å²) in [6.45, 7) is 13.4. The summed E-state index contributed by atoms with van der Waals surface area (Å²) in [4.78, 5) is 31.6. The second-order valence-electron chi connectivity index (χ2n) is 18.0. The highest BCUT2D eigenvalue weighted by Crippen LogP contribution is 2.45. The minimum atomic E-state index is -0.983. The van der Waals surface area contributed by atoms with Crippen molar-refractivity contribution in [2.24, 2.45) is 23.7 Å². The number of rotatable bonds is 9. The van der Waals surface area contributed by atoms with Gasteiger partial charge in [0.05, 0.1) is 59.7 Å². The molecule has 3 saturated heterocycles. The predicted molar refractivity (Wildman–Crippen MR) is 228 cm³/mol. The summed E-state index contributed by atoms with van der Waals surface area (Å²) in [7, 11) is 7.11. The second-order valence-corrected chi connectivity index (χ2v) is 18.8. The van der Waals surface area contributed by atoms with Gasteiger partial charge in [-0.25, -0.2) is 0 Å². The predicted octanol–water partition coefficient (Wildman–Crippen LogP) is 6.49. The van der Waals surface area contributed by atoms with E-state index >= 15 is 4.79 Å². The first-order valence-corrected chi connectivity index (χ1v) is 21.7. The summed E-state index contributed by atoms with van der Waals surface area (Å²) < 4.78 is 32.2. The molecule has 330 valence electrons. The van der Waals surface area contributed by atoms with Crippen LogP contribution in [0.15, 0.2) is 48.5 Å². The molecule has 0 aromatic heterocycles. The van der Waals surface area contributed by atoms with Crippen molar-refractivity contribution >= 4 is 35.0 Å². The first-order chi connectivity index (χ1) is 27.7. The Bertz CT molecular complexity index is 1700. The topological polar surface area (TPSA) is 148 Å². The zero-order chi connectivity index (χ0) is 43.6. The molecule has 16 atom stereocenters. The molecule has 3 heterocycles. The zero-order valence-electron chi connectivity index (χ0n) is 36.5. The summed E-state index contributed by atoms with van der Waals surface area (Å²) in [5.41, 5.74) is -0.500. The van der Waals surface area contributed by atoms with Gasteiger partial charge < -0.3 is 49.4 Å². The summed E-state index contributed by atoms with van der Waals surface area (Å²) in [6, 6.07) is 12.8. The highest BCUT2D eigenvalue weighted by molar-refractivity contribution is 6.30. The number of carbonyl (C=O) groups excluding carboxylic acids is 2. The number of amides is 2. The highest BCUT2D eigenvalue weighted by atomic mass is 35.5. The molecule has 0 saturated carbocycles. The largest absolute Gasteiger partial charge is 0.389 e. The fourth-order valence-electron chi connectivity index (χ4n) is 9.71. The fraction of sp³-hybridized carbons (Fsp3) is 0.689. The standard InChI is InChI=1S/C45H67Cl2N3O9/c1-24-22-44(6,55-10)33(21-35-39(51)34(50(8)9)20-25(2)57-35)26(3)40(59-36-23-45(7,56-11)41(52)28(5)58-36)27(4)43(54)49-38(30-14-18-32(47)19-15-30)37(48-42(24)53)29-12-16-31(46)17-13-29/h12-19,24-28,33-41,51-52H,20-23H2,1-11H3,(H,48,53)(H,49,54)/t24-,25-,26-,27-,28+,33-,34+,35?,36+,37?,38?,39-,40+,41+,44-,45-/m1/s1. The van der Waals surface area contributed by atoms with E-state index in [0.717, 1.165) is 11.1 Å². The van der Waals surface area contributed by atoms with Crippen molar-refractivity contribution in [2.45, 2.75) is 146 Å². The van der Waals surface area contributed by atoms with E-state index in [9.17, 15) is 15.0 Å². The van der Waals surface area contributed by atoms with Crippen LogP contribution in [-0.4, -0.2) is 115 Å². The molecular formula is C45H67Cl2N3O9. The van der Waals surface area contributed by atoms with Crippen molar-refractivity contribution in [1.82, 2.24) is 15.5 Å². The van der Waals surface area contributed by atoms with Gasteiger partial charge in [-0.3, -0.25) is 9.59 Å². The molecule has 2 aromatic carbocycles. The Morgan fingerprint density at radius 2 is 1.32 bits per heavy atom. The molecule has 3 unspecified atom stereocenters. The van der Waals surface area contributed by atoms with E-state index in [2.05, 4.69) is 10.6 Å². The van der Waals surface area contributed by atoms with Gasteiger partial charge >= 0.3 is 0 Å². The van der Waals surface area contributed by atoms with Crippen molar-refractivity contribution in [3.05, 3.63) is 69.7 Å². The van der Waals surface area contributed by atoms with Crippen LogP contribution >= 0.6 is 23.2 Å². The molecule has 0 aliphatic carbocycles. The summed E-state index contributed by atoms with van der Waals surface area (Å²) in [6.07, 6.45) is -3.20. The zero-order valence-corrected chi connectivity index (χ0v) is 38.0. The molecule has 2 amide bonds. The van der Waals surface area contributed by atoms with Gasteiger partial charge in [-0.15, -0.1) is 0 Å². The Hall–Kier alpha value is -2.36. The maximum Gasteiger partial charge on any atom is 0.226 e. The minimum absolute atomic E-state index is 0.124. The molecule has 3 fully saturated rings. The quantitative estimate of drug-likeness (QED) is 0.221. The number of carbonyl (C=O) groups is 2. The maximum absolute atomic E-state index is 15.0. The number of likely N-dealkylation sites (N-methyl/N-ethyl adjacent to an activating group) is 1. The van der Waals surface area contributed by atoms with Crippen LogP contribution < -0.4 is 10.6 Å². The lowest BCUT2D eigenvalue weighted by molar-refractivity contribution is -0.298. The van der Waals surface area contributed by atoms with Crippen LogP contribution in [-0.2, 0) is 33.3 Å². The smallest absolute Gasteiger partial charge is 0.226 e. The summed E-state index contributed by atoms with van der Waals surface area (Å²) >= 11 is 12.7. The van der Waals surface area contributed by atoms with Crippen molar-refractivity contribution in [3.63, 3.8) is 0 Å². The molecular weight excluding hydrogens is 797 g/mol. The Morgan fingerprint density at radius 3 is 1.83 bits per heavy atom. The maximum atomic E-state index is 15.0. The third-order valence-corrected chi connectivity index (χ3v) is 14.0. The number of aliphatic hydroxyl groups is 2. The Balaban J connectivity index is 1.67. The number of aliphatic hydroxyl groups excluding tert-OH is 2. The Morgan fingerprint density at radius 1 is 0.797 bits per heavy atom. The number of benzene rings is 2. The monoisotopic (exact) mass is 863 g/mol. The minimum Gasteiger partial charge on any atom is -0.389 e. The molecule has 3 aliphatic heterocycles. The Labute approximate surface area is 360 Å². The van der Waals surface area contributed by atoms with Crippen molar-refractivity contribution in [2.75, 3.05) is 28.3 Å². The number of nitrogens with one attached hydrogen (secondary N) is 2. The van der Waals surface area contributed by atoms with Gasteiger partial charge in [-0.05, 0) is 108 Å². The van der Waals surface area contributed by atoms with Gasteiger partial charge in [0, 0.05) is 42.6 Å². The second kappa shape index (κ2) is 19.8. The van der Waals surface area contributed by atoms with E-state index in [0.29, 0.717) is 29.3 Å². The molecule has 14 heteroatoms. The first-order valence-electron chi connectivity index (χ1n) is 20.9. The highest BCUT2D eigenvalue weighted by Gasteiger charge is 2.51. The average molecular weight is 865 g/mol. The van der Waals surface area contributed by atoms with E-state index in [1.165, 1.54) is 0 Å². The molecule has 2 aromatic rings. The van der Waals surface area contributed by atoms with E-state index in [-0.39, 0.29) is 30.4 Å². The van der Waals surface area contributed by atoms with E-state index in [1.807, 2.05) is 84.8 Å². The van der Waals surface area contributed by atoms with Crippen LogP contribution in [0, 0.1) is 23.7 Å². The van der Waals surface area contributed by atoms with Crippen molar-refractivity contribution in [1.29, 1.82) is 0 Å². The van der Waals surface area contributed by atoms with Crippen LogP contribution in [0.5, 0.6) is 0 Å². The molecule has 0 radical (unpaired) electrons. The molecule has 12 nitrogen and oxygen atoms in total. The molecule has 3 aliphatic rings. The lowest BCUT2D eigenvalue weighted by Crippen LogP contribution is -2.58. The van der Waals surface area contributed by atoms with Gasteiger partial charge in [0.2, 0.25) is 11.8 Å². The lowest BCUT2D eigenvalue weighted by atomic mass is 9.68. The van der Waals surface area contributed by atoms with Crippen molar-refractivity contribution in [3.8, 4) is 0 Å². The number of nitrogens with zero attached hydrogens (tertiary/aromatic N) is 1. The number of hydrogen-bond acceptors (Lipinski definition) is 10. The molecule has 0 spiro atoms. The molecule has 59 heavy (non-hydrogen) atoms. The van der Waals surface area contributed by atoms with Gasteiger partial charge in [0.25, 0.3) is 0 Å². The van der Waals surface area contributed by atoms with Crippen LogP contribution in [0.25, 0.3) is 0 Å². The van der Waals surface area contributed by atoms with Gasteiger partial charge in [0.1, 0.15) is 6.10 Å². The third kappa shape index (κ3) is 10.8. The molecule has 5 rings (SSSR count). The van der Waals surface area contributed by atoms with Gasteiger partial charge in [-0.2, -0.15) is 0 Å². The number of methoxy groups -OCH3 is 2. The van der Waals surface area contributed by atoms with E-state index in [1.54, 1.807) is 45.4 Å². The fourth-order valence-corrected chi connectivity index (χ4v) is 9.97. The van der Waals surface area contributed by atoms with Crippen LogP contribution in [0.4, 0.5) is 0 Å². The van der Waals surface area contributed by atoms with Crippen LogP contribution in [0.3, 0.4) is 0 Å². The van der Waals surface area contributed by atoms with E-state index in [4.69, 9.17) is 46.9 Å². The normalized spacial score (nSPS) is 40.3. The lowest BCUT2D eigenvalue weighted by Gasteiger charge is -2.49. The Kier molecular flexibility index (Phi) is 16.0. The molecule has 0 bridgehead atoms. The molecule has 4 N–H and O–H groups in total. The SMILES string of the molecule is CO[C@]1(C)C[C@@H](C)C(=O)NC(c2ccc(Cl)cc2)C(c2ccc(Cl)cc2)NC(=O)[C@H](C)[C@@H](O[C@H]2C[C@@](C)(OC)[C@@H](O)[C@H](C)O2)[C@H](C)[C@H]1CC1O[C@H](C)C[C@H](N(C)C)[C@H]1O. The number of ether oxygens (including phenoxy) is 5. The van der Waals surface area contributed by atoms with Crippen LogP contribution in [0.2, 0.25) is 10.0 Å². The van der Waals surface area contributed by atoms with Gasteiger partial charge in [-0.1, -0.05) is 68.2 Å². The van der Waals surface area contributed by atoms with Crippen LogP contribution in [0.1, 0.15) is 97.4 Å². The first kappa shape index (κ1) is 47.7. The third-order valence-electron chi connectivity index (χ3n) is 13.5.